The van der Waals surface area contributed by atoms with Crippen molar-refractivity contribution in [3.63, 3.8) is 0 Å². The van der Waals surface area contributed by atoms with E-state index in [9.17, 15) is 9.59 Å². The van der Waals surface area contributed by atoms with Crippen LogP contribution in [-0.4, -0.2) is 41.1 Å². The Morgan fingerprint density at radius 2 is 2.04 bits per heavy atom. The predicted octanol–water partition coefficient (Wildman–Crippen LogP) is 1.04. The van der Waals surface area contributed by atoms with Crippen LogP contribution in [0.2, 0.25) is 0 Å². The topological polar surface area (TPSA) is 99.6 Å². The summed E-state index contributed by atoms with van der Waals surface area (Å²) in [5, 5.41) is 6.67. The number of amides is 2. The third-order valence-electron chi connectivity index (χ3n) is 4.26. The van der Waals surface area contributed by atoms with Gasteiger partial charge in [0.15, 0.2) is 0 Å². The summed E-state index contributed by atoms with van der Waals surface area (Å²) in [5.74, 6) is 0.365. The number of rotatable bonds is 7. The second-order valence-corrected chi connectivity index (χ2v) is 6.25. The van der Waals surface area contributed by atoms with E-state index in [0.29, 0.717) is 18.7 Å². The Balaban J connectivity index is 1.60. The number of aromatic nitrogens is 2. The van der Waals surface area contributed by atoms with Crippen LogP contribution in [0.25, 0.3) is 0 Å². The van der Waals surface area contributed by atoms with E-state index in [1.807, 2.05) is 37.4 Å². The Bertz CT molecular complexity index is 837. The van der Waals surface area contributed by atoms with Gasteiger partial charge in [-0.2, -0.15) is 5.10 Å². The SMILES string of the molecule is CN(CCc1ccccn1)c1ncccc1CNC(=O)C1=NNC(=O)CC1. The van der Waals surface area contributed by atoms with Gasteiger partial charge in [0, 0.05) is 63.1 Å². The van der Waals surface area contributed by atoms with Gasteiger partial charge in [-0.05, 0) is 18.2 Å². The molecule has 0 saturated heterocycles. The molecule has 2 N–H and O–H groups in total. The molecule has 8 heteroatoms. The molecule has 2 aromatic rings. The van der Waals surface area contributed by atoms with E-state index in [2.05, 4.69) is 30.7 Å². The number of likely N-dealkylation sites (N-methyl/N-ethyl adjacent to an activating group) is 1. The quantitative estimate of drug-likeness (QED) is 0.763. The van der Waals surface area contributed by atoms with Gasteiger partial charge in [-0.3, -0.25) is 14.6 Å². The normalized spacial score (nSPS) is 13.5. The summed E-state index contributed by atoms with van der Waals surface area (Å²) in [6.07, 6.45) is 4.95. The summed E-state index contributed by atoms with van der Waals surface area (Å²) in [4.78, 5) is 34.2. The zero-order chi connectivity index (χ0) is 19.1. The highest BCUT2D eigenvalue weighted by Crippen LogP contribution is 2.16. The number of hydrogen-bond donors (Lipinski definition) is 2. The van der Waals surface area contributed by atoms with Crippen LogP contribution in [0.5, 0.6) is 0 Å². The van der Waals surface area contributed by atoms with Gasteiger partial charge in [0.25, 0.3) is 5.91 Å². The van der Waals surface area contributed by atoms with Crippen LogP contribution in [0, 0.1) is 0 Å². The third-order valence-corrected chi connectivity index (χ3v) is 4.26. The van der Waals surface area contributed by atoms with Crippen LogP contribution >= 0.6 is 0 Å². The fourth-order valence-corrected chi connectivity index (χ4v) is 2.76. The number of nitrogens with zero attached hydrogens (tertiary/aromatic N) is 4. The van der Waals surface area contributed by atoms with Crippen LogP contribution in [0.3, 0.4) is 0 Å². The van der Waals surface area contributed by atoms with Gasteiger partial charge in [-0.25, -0.2) is 10.4 Å². The van der Waals surface area contributed by atoms with Crippen LogP contribution in [0.4, 0.5) is 5.82 Å². The van der Waals surface area contributed by atoms with E-state index in [0.717, 1.165) is 30.0 Å². The Labute approximate surface area is 157 Å². The molecule has 1 aliphatic heterocycles. The molecule has 1 aliphatic rings. The molecular weight excluding hydrogens is 344 g/mol. The van der Waals surface area contributed by atoms with Gasteiger partial charge in [-0.1, -0.05) is 12.1 Å². The molecule has 2 amide bonds. The first-order valence-electron chi connectivity index (χ1n) is 8.82. The van der Waals surface area contributed by atoms with Crippen molar-refractivity contribution in [3.05, 3.63) is 54.0 Å². The summed E-state index contributed by atoms with van der Waals surface area (Å²) in [7, 11) is 1.97. The van der Waals surface area contributed by atoms with E-state index in [4.69, 9.17) is 0 Å². The molecule has 0 unspecified atom stereocenters. The summed E-state index contributed by atoms with van der Waals surface area (Å²) >= 11 is 0. The number of anilines is 1. The van der Waals surface area contributed by atoms with Crippen LogP contribution < -0.4 is 15.6 Å². The molecule has 3 heterocycles. The maximum absolute atomic E-state index is 12.2. The minimum atomic E-state index is -0.277. The molecule has 2 aromatic heterocycles. The zero-order valence-corrected chi connectivity index (χ0v) is 15.2. The van der Waals surface area contributed by atoms with Gasteiger partial charge >= 0.3 is 0 Å². The van der Waals surface area contributed by atoms with Crippen molar-refractivity contribution >= 4 is 23.3 Å². The first kappa shape index (κ1) is 18.5. The smallest absolute Gasteiger partial charge is 0.267 e. The first-order chi connectivity index (χ1) is 13.1. The van der Waals surface area contributed by atoms with Crippen molar-refractivity contribution in [3.8, 4) is 0 Å². The first-order valence-corrected chi connectivity index (χ1v) is 8.82. The minimum Gasteiger partial charge on any atom is -0.359 e. The minimum absolute atomic E-state index is 0.171. The maximum Gasteiger partial charge on any atom is 0.267 e. The number of carbonyl (C=O) groups is 2. The number of carbonyl (C=O) groups excluding carboxylic acids is 2. The van der Waals surface area contributed by atoms with E-state index in [1.165, 1.54) is 0 Å². The summed E-state index contributed by atoms with van der Waals surface area (Å²) in [6, 6.07) is 9.65. The average molecular weight is 366 g/mol. The van der Waals surface area contributed by atoms with Crippen molar-refractivity contribution < 1.29 is 9.59 Å². The van der Waals surface area contributed by atoms with Crippen molar-refractivity contribution in [2.24, 2.45) is 5.10 Å². The summed E-state index contributed by atoms with van der Waals surface area (Å²) in [6.45, 7) is 1.09. The fourth-order valence-electron chi connectivity index (χ4n) is 2.76. The van der Waals surface area contributed by atoms with Crippen molar-refractivity contribution in [2.45, 2.75) is 25.8 Å². The highest BCUT2D eigenvalue weighted by Gasteiger charge is 2.18. The zero-order valence-electron chi connectivity index (χ0n) is 15.2. The highest BCUT2D eigenvalue weighted by molar-refractivity contribution is 6.39. The van der Waals surface area contributed by atoms with Crippen LogP contribution in [0.15, 0.2) is 47.8 Å². The third kappa shape index (κ3) is 5.10. The molecule has 0 aliphatic carbocycles. The van der Waals surface area contributed by atoms with E-state index < -0.39 is 0 Å². The molecule has 0 atom stereocenters. The summed E-state index contributed by atoms with van der Waals surface area (Å²) < 4.78 is 0. The number of hydrogen-bond acceptors (Lipinski definition) is 6. The lowest BCUT2D eigenvalue weighted by Crippen LogP contribution is -2.36. The van der Waals surface area contributed by atoms with Gasteiger partial charge < -0.3 is 10.2 Å². The standard InChI is InChI=1S/C19H22N6O2/c1-25(12-9-15-6-2-3-10-20-15)18-14(5-4-11-21-18)13-22-19(27)16-7-8-17(26)24-23-16/h2-6,10-11H,7-9,12-13H2,1H3,(H,22,27)(H,24,26). The van der Waals surface area contributed by atoms with Gasteiger partial charge in [0.05, 0.1) is 0 Å². The molecule has 0 spiro atoms. The Kier molecular flexibility index (Phi) is 6.09. The maximum atomic E-state index is 12.2. The van der Waals surface area contributed by atoms with Crippen LogP contribution in [0.1, 0.15) is 24.1 Å². The Hall–Kier alpha value is -3.29. The molecule has 0 aromatic carbocycles. The predicted molar refractivity (Wildman–Crippen MR) is 102 cm³/mol. The summed E-state index contributed by atoms with van der Waals surface area (Å²) in [5.41, 5.74) is 4.60. The Morgan fingerprint density at radius 1 is 1.19 bits per heavy atom. The second kappa shape index (κ2) is 8.88. The van der Waals surface area contributed by atoms with Crippen molar-refractivity contribution in [1.29, 1.82) is 0 Å². The molecular formula is C19H22N6O2. The molecule has 0 bridgehead atoms. The molecule has 0 fully saturated rings. The molecule has 8 nitrogen and oxygen atoms in total. The molecule has 140 valence electrons. The van der Waals surface area contributed by atoms with Crippen molar-refractivity contribution in [2.75, 3.05) is 18.5 Å². The van der Waals surface area contributed by atoms with Gasteiger partial charge in [0.2, 0.25) is 5.91 Å². The lowest BCUT2D eigenvalue weighted by molar-refractivity contribution is -0.121. The number of pyridine rings is 2. The van der Waals surface area contributed by atoms with Crippen LogP contribution in [-0.2, 0) is 22.6 Å². The number of hydrazone groups is 1. The van der Waals surface area contributed by atoms with Crippen molar-refractivity contribution in [1.82, 2.24) is 20.7 Å². The van der Waals surface area contributed by atoms with E-state index in [1.54, 1.807) is 12.4 Å². The highest BCUT2D eigenvalue weighted by atomic mass is 16.2. The van der Waals surface area contributed by atoms with Gasteiger partial charge in [-0.15, -0.1) is 0 Å². The molecule has 3 rings (SSSR count). The molecule has 27 heavy (non-hydrogen) atoms. The monoisotopic (exact) mass is 366 g/mol. The van der Waals surface area contributed by atoms with Gasteiger partial charge in [0.1, 0.15) is 11.5 Å². The fraction of sp³-hybridized carbons (Fsp3) is 0.316. The lowest BCUT2D eigenvalue weighted by Gasteiger charge is -2.21. The average Bonchev–Trinajstić information content (AvgIpc) is 2.71. The molecule has 0 saturated carbocycles. The number of nitrogens with one attached hydrogen (secondary N) is 2. The van der Waals surface area contributed by atoms with E-state index in [-0.39, 0.29) is 18.2 Å². The second-order valence-electron chi connectivity index (χ2n) is 6.25. The largest absolute Gasteiger partial charge is 0.359 e. The van der Waals surface area contributed by atoms with E-state index >= 15 is 0 Å². The Morgan fingerprint density at radius 3 is 2.78 bits per heavy atom. The lowest BCUT2D eigenvalue weighted by atomic mass is 10.1. The molecule has 0 radical (unpaired) electrons.